The number of hydrogen-bond acceptors (Lipinski definition) is 7. The molecule has 0 amide bonds. The molecule has 14 heteroatoms. The molecule has 6 rings (SSSR count). The maximum absolute atomic E-state index is 14.4. The van der Waals surface area contributed by atoms with Crippen molar-refractivity contribution in [1.29, 1.82) is 0 Å². The molecular weight excluding hydrogens is 599 g/mol. The summed E-state index contributed by atoms with van der Waals surface area (Å²) in [4.78, 5) is 11.9. The summed E-state index contributed by atoms with van der Waals surface area (Å²) in [5.74, 6) is -7.87. The molecule has 0 bridgehead atoms. The first-order valence-corrected chi connectivity index (χ1v) is 14.1. The summed E-state index contributed by atoms with van der Waals surface area (Å²) < 4.78 is 103. The fraction of sp³-hybridized carbons (Fsp3) is 0.310. The number of alkyl halides is 3. The van der Waals surface area contributed by atoms with E-state index in [1.54, 1.807) is 7.11 Å². The molecule has 0 atom stereocenters. The molecule has 226 valence electrons. The average molecular weight is 624 g/mol. The van der Waals surface area contributed by atoms with Crippen LogP contribution in [0.25, 0.3) is 10.8 Å². The van der Waals surface area contributed by atoms with Crippen LogP contribution in [0.15, 0.2) is 47.6 Å². The van der Waals surface area contributed by atoms with Gasteiger partial charge in [-0.15, -0.1) is 0 Å². The minimum Gasteiger partial charge on any atom is -0.497 e. The number of halogens is 7. The standard InChI is InChI=1S/C29H24F7N5OS/c1-42-17-12-16-4-2-3-5-18(16)21(13-17)40-7-6-19-20(14-40)37-15-38-28(19)39-8-10-41(11-9-39)43-27-22(29(34,35)36)23(30)24(31)25(32)26(27)33/h2-5,12-13,15H,6-11,14H2,1H3. The summed E-state index contributed by atoms with van der Waals surface area (Å²) in [7, 11) is 1.62. The van der Waals surface area contributed by atoms with Gasteiger partial charge in [-0.2, -0.15) is 13.2 Å². The van der Waals surface area contributed by atoms with Gasteiger partial charge in [0.1, 0.15) is 23.5 Å². The molecule has 6 nitrogen and oxygen atoms in total. The molecule has 0 spiro atoms. The lowest BCUT2D eigenvalue weighted by molar-refractivity contribution is -0.143. The largest absolute Gasteiger partial charge is 0.497 e. The van der Waals surface area contributed by atoms with Crippen LogP contribution in [0.3, 0.4) is 0 Å². The van der Waals surface area contributed by atoms with Crippen molar-refractivity contribution in [2.24, 2.45) is 0 Å². The Bertz CT molecular complexity index is 1690. The molecule has 3 heterocycles. The fourth-order valence-corrected chi connectivity index (χ4v) is 6.60. The predicted molar refractivity (Wildman–Crippen MR) is 148 cm³/mol. The van der Waals surface area contributed by atoms with Gasteiger partial charge in [-0.05, 0) is 29.8 Å². The lowest BCUT2D eigenvalue weighted by atomic mass is 10.0. The van der Waals surface area contributed by atoms with Gasteiger partial charge in [0, 0.05) is 55.4 Å². The van der Waals surface area contributed by atoms with Gasteiger partial charge in [0.2, 0.25) is 0 Å². The van der Waals surface area contributed by atoms with E-state index in [1.807, 2.05) is 35.2 Å². The Balaban J connectivity index is 1.20. The third kappa shape index (κ3) is 5.42. The van der Waals surface area contributed by atoms with Crippen molar-refractivity contribution in [3.63, 3.8) is 0 Å². The van der Waals surface area contributed by atoms with Crippen molar-refractivity contribution in [2.45, 2.75) is 24.0 Å². The van der Waals surface area contributed by atoms with Crippen LogP contribution in [0.1, 0.15) is 16.8 Å². The molecule has 43 heavy (non-hydrogen) atoms. The van der Waals surface area contributed by atoms with Gasteiger partial charge in [-0.25, -0.2) is 31.8 Å². The number of ether oxygens (including phenoxy) is 1. The topological polar surface area (TPSA) is 44.7 Å². The second kappa shape index (κ2) is 11.4. The summed E-state index contributed by atoms with van der Waals surface area (Å²) in [6.07, 6.45) is -3.31. The lowest BCUT2D eigenvalue weighted by Crippen LogP contribution is -2.45. The number of anilines is 2. The Morgan fingerprint density at radius 2 is 1.56 bits per heavy atom. The first-order chi connectivity index (χ1) is 20.6. The van der Waals surface area contributed by atoms with Gasteiger partial charge in [0.15, 0.2) is 23.3 Å². The van der Waals surface area contributed by atoms with E-state index in [9.17, 15) is 30.7 Å². The Kier molecular flexibility index (Phi) is 7.75. The highest BCUT2D eigenvalue weighted by Gasteiger charge is 2.43. The van der Waals surface area contributed by atoms with E-state index < -0.39 is 39.9 Å². The van der Waals surface area contributed by atoms with Crippen LogP contribution < -0.4 is 14.5 Å². The van der Waals surface area contributed by atoms with Crippen molar-refractivity contribution in [3.8, 4) is 5.75 Å². The van der Waals surface area contributed by atoms with Crippen molar-refractivity contribution >= 4 is 34.2 Å². The maximum Gasteiger partial charge on any atom is 0.420 e. The zero-order chi connectivity index (χ0) is 30.5. The number of methoxy groups -OCH3 is 1. The number of fused-ring (bicyclic) bond motifs is 2. The van der Waals surface area contributed by atoms with Gasteiger partial charge in [-0.1, -0.05) is 24.3 Å². The van der Waals surface area contributed by atoms with Crippen LogP contribution in [-0.2, 0) is 19.1 Å². The Morgan fingerprint density at radius 3 is 2.28 bits per heavy atom. The number of hydrogen-bond donors (Lipinski definition) is 0. The Morgan fingerprint density at radius 1 is 0.837 bits per heavy atom. The zero-order valence-corrected chi connectivity index (χ0v) is 23.5. The monoisotopic (exact) mass is 623 g/mol. The number of aromatic nitrogens is 2. The molecule has 4 aromatic rings. The predicted octanol–water partition coefficient (Wildman–Crippen LogP) is 6.61. The Labute approximate surface area is 246 Å². The van der Waals surface area contributed by atoms with Gasteiger partial charge in [0.05, 0.1) is 24.2 Å². The first-order valence-electron chi connectivity index (χ1n) is 13.3. The van der Waals surface area contributed by atoms with Crippen molar-refractivity contribution in [2.75, 3.05) is 49.6 Å². The summed E-state index contributed by atoms with van der Waals surface area (Å²) in [6.45, 7) is 2.07. The van der Waals surface area contributed by atoms with Crippen molar-refractivity contribution in [3.05, 3.63) is 82.8 Å². The third-order valence-electron chi connectivity index (χ3n) is 7.64. The van der Waals surface area contributed by atoms with Crippen LogP contribution in [-0.4, -0.2) is 54.1 Å². The summed E-state index contributed by atoms with van der Waals surface area (Å²) in [5.41, 5.74) is 0.661. The quantitative estimate of drug-likeness (QED) is 0.107. The van der Waals surface area contributed by atoms with E-state index in [2.05, 4.69) is 20.9 Å². The summed E-state index contributed by atoms with van der Waals surface area (Å²) in [6, 6.07) is 12.0. The number of piperazine rings is 1. The average Bonchev–Trinajstić information content (AvgIpc) is 3.01. The highest BCUT2D eigenvalue weighted by Crippen LogP contribution is 2.43. The van der Waals surface area contributed by atoms with E-state index in [1.165, 1.54) is 10.6 Å². The lowest BCUT2D eigenvalue weighted by Gasteiger charge is -2.37. The van der Waals surface area contributed by atoms with Crippen LogP contribution in [0.4, 0.5) is 42.2 Å². The number of benzene rings is 3. The van der Waals surface area contributed by atoms with Crippen molar-refractivity contribution in [1.82, 2.24) is 14.3 Å². The molecule has 1 fully saturated rings. The minimum absolute atomic E-state index is 0.128. The minimum atomic E-state index is -5.42. The number of nitrogens with zero attached hydrogens (tertiary/aromatic N) is 5. The van der Waals surface area contributed by atoms with Crippen LogP contribution in [0.2, 0.25) is 0 Å². The molecule has 0 saturated carbocycles. The highest BCUT2D eigenvalue weighted by atomic mass is 32.2. The van der Waals surface area contributed by atoms with Gasteiger partial charge < -0.3 is 14.5 Å². The summed E-state index contributed by atoms with van der Waals surface area (Å²) in [5, 5.41) is 2.13. The normalized spacial score (nSPS) is 16.1. The van der Waals surface area contributed by atoms with Gasteiger partial charge in [0.25, 0.3) is 0 Å². The second-order valence-corrected chi connectivity index (χ2v) is 11.2. The van der Waals surface area contributed by atoms with E-state index >= 15 is 0 Å². The van der Waals surface area contributed by atoms with Crippen molar-refractivity contribution < 1.29 is 35.5 Å². The molecular formula is C29H24F7N5OS. The van der Waals surface area contributed by atoms with Crippen LogP contribution >= 0.6 is 11.9 Å². The summed E-state index contributed by atoms with van der Waals surface area (Å²) >= 11 is 0.225. The van der Waals surface area contributed by atoms with E-state index in [0.29, 0.717) is 38.4 Å². The third-order valence-corrected chi connectivity index (χ3v) is 8.83. The molecule has 0 unspecified atom stereocenters. The molecule has 0 N–H and O–H groups in total. The first kappa shape index (κ1) is 29.3. The van der Waals surface area contributed by atoms with E-state index in [4.69, 9.17) is 4.74 Å². The SMILES string of the molecule is COc1cc(N2CCc3c(ncnc3N3CCN(Sc4c(F)c(F)c(F)c(F)c4C(F)(F)F)CC3)C2)c2ccccc2c1. The van der Waals surface area contributed by atoms with E-state index in [0.717, 1.165) is 33.5 Å². The smallest absolute Gasteiger partial charge is 0.420 e. The number of rotatable bonds is 5. The second-order valence-electron chi connectivity index (χ2n) is 10.1. The highest BCUT2D eigenvalue weighted by molar-refractivity contribution is 7.97. The molecule has 2 aliphatic heterocycles. The van der Waals surface area contributed by atoms with E-state index in [-0.39, 0.29) is 25.0 Å². The molecule has 0 aliphatic carbocycles. The maximum atomic E-state index is 14.4. The Hall–Kier alpha value is -3.78. The van der Waals surface area contributed by atoms with Crippen LogP contribution in [0.5, 0.6) is 5.75 Å². The van der Waals surface area contributed by atoms with Gasteiger partial charge in [-0.3, -0.25) is 0 Å². The van der Waals surface area contributed by atoms with Crippen LogP contribution in [0, 0.1) is 23.3 Å². The molecule has 1 aromatic heterocycles. The van der Waals surface area contributed by atoms with Gasteiger partial charge >= 0.3 is 6.18 Å². The molecule has 3 aromatic carbocycles. The fourth-order valence-electron chi connectivity index (χ4n) is 5.53. The molecule has 2 aliphatic rings. The molecule has 0 radical (unpaired) electrons. The zero-order valence-electron chi connectivity index (χ0n) is 22.7. The molecule has 1 saturated heterocycles.